The molecule has 0 fully saturated rings. The molecule has 2 aromatic heterocycles. The Bertz CT molecular complexity index is 2510. The Hall–Kier alpha value is -5.75. The fourth-order valence-electron chi connectivity index (χ4n) is 5.35. The average molecular weight is 533 g/mol. The van der Waals surface area contributed by atoms with Crippen LogP contribution in [0.5, 0.6) is 0 Å². The number of aromatic nitrogens is 3. The fourth-order valence-corrected chi connectivity index (χ4v) is 5.35. The van der Waals surface area contributed by atoms with E-state index in [0.29, 0.717) is 27.9 Å². The zero-order valence-electron chi connectivity index (χ0n) is 26.3. The van der Waals surface area contributed by atoms with Gasteiger partial charge in [-0.05, 0) is 40.6 Å². The number of fused-ring (bicyclic) bond motifs is 6. The molecule has 8 rings (SSSR count). The minimum atomic E-state index is -0.505. The normalized spacial score (nSPS) is 14.6. The van der Waals surface area contributed by atoms with Crippen LogP contribution in [0.25, 0.3) is 73.0 Å². The van der Waals surface area contributed by atoms with Crippen molar-refractivity contribution < 1.29 is 11.3 Å². The van der Waals surface area contributed by atoms with Gasteiger partial charge < -0.3 is 4.42 Å². The van der Waals surface area contributed by atoms with Gasteiger partial charge in [0.25, 0.3) is 0 Å². The minimum absolute atomic E-state index is 0.0623. The predicted molar refractivity (Wildman–Crippen MR) is 165 cm³/mol. The monoisotopic (exact) mass is 532 g/mol. The summed E-state index contributed by atoms with van der Waals surface area (Å²) in [6, 6.07) is 20.2. The van der Waals surface area contributed by atoms with E-state index in [1.165, 1.54) is 0 Å². The second kappa shape index (κ2) is 8.89. The summed E-state index contributed by atoms with van der Waals surface area (Å²) in [6.45, 7) is 0. The number of para-hydroxylation sites is 1. The van der Waals surface area contributed by atoms with Crippen molar-refractivity contribution in [2.24, 2.45) is 0 Å². The third-order valence-electron chi connectivity index (χ3n) is 7.26. The minimum Gasteiger partial charge on any atom is -0.456 e. The highest BCUT2D eigenvalue weighted by Gasteiger charge is 2.20. The highest BCUT2D eigenvalue weighted by molar-refractivity contribution is 6.53. The van der Waals surface area contributed by atoms with Crippen LogP contribution in [0.4, 0.5) is 0 Å². The highest BCUT2D eigenvalue weighted by Crippen LogP contribution is 2.37. The number of benzene rings is 5. The number of nitrogens with zero attached hydrogens (tertiary/aromatic N) is 3. The fraction of sp³-hybridized carbons (Fsp3) is 0. The van der Waals surface area contributed by atoms with Crippen molar-refractivity contribution in [2.45, 2.75) is 0 Å². The Kier molecular flexibility index (Phi) is 4.02. The zero-order chi connectivity index (χ0) is 31.9. The van der Waals surface area contributed by atoms with Crippen molar-refractivity contribution in [3.05, 3.63) is 120 Å². The van der Waals surface area contributed by atoms with Gasteiger partial charge in [-0.1, -0.05) is 90.9 Å². The number of hydrogen-bond donors (Lipinski definition) is 2. The molecule has 7 aromatic rings. The van der Waals surface area contributed by atoms with Crippen molar-refractivity contribution in [2.75, 3.05) is 0 Å². The van der Waals surface area contributed by atoms with Gasteiger partial charge in [0.05, 0.1) is 18.3 Å². The van der Waals surface area contributed by atoms with E-state index in [0.717, 1.165) is 27.1 Å². The van der Waals surface area contributed by atoms with Gasteiger partial charge in [0.15, 0.2) is 17.5 Å². The molecule has 192 valence electrons. The van der Waals surface area contributed by atoms with Gasteiger partial charge in [-0.2, -0.15) is 0 Å². The molecule has 41 heavy (non-hydrogen) atoms. The molecule has 0 spiro atoms. The van der Waals surface area contributed by atoms with E-state index in [-0.39, 0.29) is 34.5 Å². The average Bonchev–Trinajstić information content (AvgIpc) is 3.46. The molecule has 0 aliphatic heterocycles. The van der Waals surface area contributed by atoms with Crippen molar-refractivity contribution in [1.82, 2.24) is 15.0 Å². The van der Waals surface area contributed by atoms with Gasteiger partial charge in [-0.15, -0.1) is 0 Å². The van der Waals surface area contributed by atoms with Gasteiger partial charge in [-0.25, -0.2) is 15.0 Å². The van der Waals surface area contributed by atoms with Crippen LogP contribution in [0, 0.1) is 10.8 Å². The number of nitrogens with one attached hydrogen (secondary N) is 2. The second-order valence-electron chi connectivity index (χ2n) is 9.67. The summed E-state index contributed by atoms with van der Waals surface area (Å²) in [7, 11) is 0. The van der Waals surface area contributed by atoms with Gasteiger partial charge in [-0.3, -0.25) is 10.8 Å². The topological polar surface area (TPSA) is 99.5 Å². The molecule has 6 nitrogen and oxygen atoms in total. The maximum atomic E-state index is 8.64. The molecule has 0 saturated heterocycles. The molecule has 6 heteroatoms. The largest absolute Gasteiger partial charge is 0.456 e. The Morgan fingerprint density at radius 1 is 0.659 bits per heavy atom. The van der Waals surface area contributed by atoms with Crippen molar-refractivity contribution in [3.63, 3.8) is 0 Å². The number of furan rings is 1. The molecule has 5 aromatic carbocycles. The van der Waals surface area contributed by atoms with Crippen LogP contribution >= 0.6 is 0 Å². The first-order valence-corrected chi connectivity index (χ1v) is 12.9. The van der Waals surface area contributed by atoms with E-state index in [4.69, 9.17) is 32.1 Å². The summed E-state index contributed by atoms with van der Waals surface area (Å²) in [6.07, 6.45) is 3.44. The van der Waals surface area contributed by atoms with Crippen LogP contribution in [-0.2, 0) is 0 Å². The van der Waals surface area contributed by atoms with Crippen LogP contribution in [0.2, 0.25) is 0 Å². The number of allylic oxidation sites excluding steroid dienone is 1. The molecule has 0 radical (unpaired) electrons. The molecule has 2 N–H and O–H groups in total. The third-order valence-corrected chi connectivity index (χ3v) is 7.26. The van der Waals surface area contributed by atoms with Crippen LogP contribution in [-0.4, -0.2) is 26.4 Å². The van der Waals surface area contributed by atoms with Gasteiger partial charge in [0.1, 0.15) is 11.2 Å². The molecule has 0 saturated carbocycles. The van der Waals surface area contributed by atoms with Crippen LogP contribution in [0.1, 0.15) is 18.0 Å². The standard InChI is InChI=1S/C35H21N5O/c36-27-18-16-20-13-14-22-19-23(15-17-24(22)30(20)32(27)37)34-38-33(21-7-2-1-3-8-21)39-35(40-34)26-10-6-12-29-31(26)25-9-4-5-11-28(25)41-29/h1-19,36-37H/i1D,2D,3D,7D,8D. The van der Waals surface area contributed by atoms with Gasteiger partial charge in [0, 0.05) is 33.0 Å². The molecule has 0 bridgehead atoms. The number of hydrogen-bond acceptors (Lipinski definition) is 6. The molecular formula is C35H21N5O. The molecular weight excluding hydrogens is 506 g/mol. The summed E-state index contributed by atoms with van der Waals surface area (Å²) < 4.78 is 48.0. The first kappa shape index (κ1) is 18.5. The maximum absolute atomic E-state index is 8.64. The van der Waals surface area contributed by atoms with E-state index >= 15 is 0 Å². The van der Waals surface area contributed by atoms with Gasteiger partial charge >= 0.3 is 0 Å². The number of rotatable bonds is 3. The van der Waals surface area contributed by atoms with E-state index < -0.39 is 30.2 Å². The Labute approximate surface area is 241 Å². The Morgan fingerprint density at radius 2 is 1.44 bits per heavy atom. The first-order chi connectivity index (χ1) is 22.2. The van der Waals surface area contributed by atoms with Crippen molar-refractivity contribution in [3.8, 4) is 34.2 Å². The van der Waals surface area contributed by atoms with Crippen LogP contribution in [0.15, 0.2) is 114 Å². The zero-order valence-corrected chi connectivity index (χ0v) is 21.3. The molecule has 2 heterocycles. The first-order valence-electron chi connectivity index (χ1n) is 15.4. The van der Waals surface area contributed by atoms with E-state index in [2.05, 4.69) is 4.98 Å². The van der Waals surface area contributed by atoms with E-state index in [9.17, 15) is 0 Å². The van der Waals surface area contributed by atoms with Crippen molar-refractivity contribution in [1.29, 1.82) is 10.8 Å². The smallest absolute Gasteiger partial charge is 0.164 e. The molecule has 0 atom stereocenters. The summed E-state index contributed by atoms with van der Waals surface area (Å²) >= 11 is 0. The lowest BCUT2D eigenvalue weighted by Crippen LogP contribution is -2.16. The van der Waals surface area contributed by atoms with E-state index in [1.54, 1.807) is 6.08 Å². The Balaban J connectivity index is 1.41. The second-order valence-corrected chi connectivity index (χ2v) is 9.67. The molecule has 0 unspecified atom stereocenters. The quantitative estimate of drug-likeness (QED) is 0.239. The van der Waals surface area contributed by atoms with Crippen molar-refractivity contribution >= 4 is 50.2 Å². The van der Waals surface area contributed by atoms with Crippen LogP contribution in [0.3, 0.4) is 0 Å². The van der Waals surface area contributed by atoms with E-state index in [1.807, 2.05) is 78.9 Å². The summed E-state index contributed by atoms with van der Waals surface area (Å²) in [5, 5.41) is 19.9. The molecule has 1 aliphatic carbocycles. The lowest BCUT2D eigenvalue weighted by atomic mass is 9.89. The predicted octanol–water partition coefficient (Wildman–Crippen LogP) is 8.34. The molecule has 0 amide bonds. The van der Waals surface area contributed by atoms with Gasteiger partial charge in [0.2, 0.25) is 0 Å². The summed E-state index contributed by atoms with van der Waals surface area (Å²) in [5.41, 5.74) is 4.22. The summed E-state index contributed by atoms with van der Waals surface area (Å²) in [4.78, 5) is 14.3. The lowest BCUT2D eigenvalue weighted by molar-refractivity contribution is 0.669. The summed E-state index contributed by atoms with van der Waals surface area (Å²) in [5.74, 6) is 0.418. The highest BCUT2D eigenvalue weighted by atomic mass is 16.3. The third kappa shape index (κ3) is 3.69. The Morgan fingerprint density at radius 3 is 2.32 bits per heavy atom. The lowest BCUT2D eigenvalue weighted by Gasteiger charge is -2.16. The molecule has 1 aliphatic rings. The maximum Gasteiger partial charge on any atom is 0.164 e. The van der Waals surface area contributed by atoms with Crippen LogP contribution < -0.4 is 0 Å². The SMILES string of the molecule is [2H]c1c([2H])c([2H])c(-c2nc(-c3ccc4c5c(ccc4c3)C=CC(=N)C5=N)nc(-c3cccc4oc5ccccc5c34)n2)c([2H])c1[2H].